The average Bonchev–Trinajstić information content (AvgIpc) is 2.87. The third-order valence-corrected chi connectivity index (χ3v) is 7.83. The Kier molecular flexibility index (Phi) is 9.21. The van der Waals surface area contributed by atoms with Crippen molar-refractivity contribution in [3.05, 3.63) is 83.4 Å². The molecule has 0 saturated heterocycles. The van der Waals surface area contributed by atoms with E-state index in [4.69, 9.17) is 9.47 Å². The van der Waals surface area contributed by atoms with Crippen LogP contribution in [0.15, 0.2) is 71.6 Å². The summed E-state index contributed by atoms with van der Waals surface area (Å²) < 4.78 is 39.6. The summed E-state index contributed by atoms with van der Waals surface area (Å²) in [6, 6.07) is 19.1. The smallest absolute Gasteiger partial charge is 0.264 e. The van der Waals surface area contributed by atoms with Crippen molar-refractivity contribution < 1.29 is 22.7 Å². The van der Waals surface area contributed by atoms with Crippen molar-refractivity contribution in [2.45, 2.75) is 45.1 Å². The van der Waals surface area contributed by atoms with E-state index < -0.39 is 22.5 Å². The third kappa shape index (κ3) is 7.04. The van der Waals surface area contributed by atoms with Gasteiger partial charge in [0.05, 0.1) is 30.8 Å². The number of rotatable bonds is 11. The van der Waals surface area contributed by atoms with Gasteiger partial charge in [-0.2, -0.15) is 0 Å². The van der Waals surface area contributed by atoms with Gasteiger partial charge in [-0.05, 0) is 73.7 Å². The SMILES string of the molecule is COc1ccc([C@H](CC(C)C)NC(=O)CN(c2cc(C)ccc2OC)S(=O)(=O)c2ccc(C)cc2)cc1. The Morgan fingerprint density at radius 2 is 1.51 bits per heavy atom. The molecule has 7 nitrogen and oxygen atoms in total. The molecule has 3 aromatic carbocycles. The molecule has 1 N–H and O–H groups in total. The van der Waals surface area contributed by atoms with Gasteiger partial charge in [0, 0.05) is 0 Å². The summed E-state index contributed by atoms with van der Waals surface area (Å²) in [6.45, 7) is 7.50. The molecule has 0 aromatic heterocycles. The molecule has 0 fully saturated rings. The lowest BCUT2D eigenvalue weighted by Crippen LogP contribution is -2.42. The van der Waals surface area contributed by atoms with Crippen LogP contribution in [0.5, 0.6) is 11.5 Å². The lowest BCUT2D eigenvalue weighted by atomic mass is 9.97. The van der Waals surface area contributed by atoms with Crippen molar-refractivity contribution in [2.24, 2.45) is 5.92 Å². The number of nitrogens with zero attached hydrogens (tertiary/aromatic N) is 1. The Balaban J connectivity index is 1.99. The predicted molar refractivity (Wildman–Crippen MR) is 147 cm³/mol. The highest BCUT2D eigenvalue weighted by Gasteiger charge is 2.30. The maximum atomic E-state index is 13.8. The Bertz CT molecular complexity index is 1300. The van der Waals surface area contributed by atoms with E-state index in [0.29, 0.717) is 23.8 Å². The number of hydrogen-bond acceptors (Lipinski definition) is 5. The summed E-state index contributed by atoms with van der Waals surface area (Å²) in [5, 5.41) is 3.06. The Hall–Kier alpha value is -3.52. The number of methoxy groups -OCH3 is 2. The molecular formula is C29H36N2O5S. The second kappa shape index (κ2) is 12.1. The van der Waals surface area contributed by atoms with Gasteiger partial charge in [0.1, 0.15) is 18.0 Å². The second-order valence-corrected chi connectivity index (χ2v) is 11.4. The van der Waals surface area contributed by atoms with Crippen LogP contribution in [0.4, 0.5) is 5.69 Å². The molecule has 0 saturated carbocycles. The number of amides is 1. The number of carbonyl (C=O) groups is 1. The summed E-state index contributed by atoms with van der Waals surface area (Å²) >= 11 is 0. The van der Waals surface area contributed by atoms with E-state index in [-0.39, 0.29) is 10.9 Å². The van der Waals surface area contributed by atoms with Gasteiger partial charge in [-0.3, -0.25) is 9.10 Å². The summed E-state index contributed by atoms with van der Waals surface area (Å²) in [5.74, 6) is 0.973. The fourth-order valence-electron chi connectivity index (χ4n) is 4.09. The number of hydrogen-bond donors (Lipinski definition) is 1. The highest BCUT2D eigenvalue weighted by Crippen LogP contribution is 2.33. The Morgan fingerprint density at radius 3 is 2.08 bits per heavy atom. The van der Waals surface area contributed by atoms with Crippen molar-refractivity contribution in [3.63, 3.8) is 0 Å². The number of nitrogens with one attached hydrogen (secondary N) is 1. The molecule has 0 spiro atoms. The first-order chi connectivity index (χ1) is 17.5. The average molecular weight is 525 g/mol. The lowest BCUT2D eigenvalue weighted by molar-refractivity contribution is -0.120. The minimum absolute atomic E-state index is 0.100. The molecule has 0 radical (unpaired) electrons. The van der Waals surface area contributed by atoms with Gasteiger partial charge in [0.2, 0.25) is 5.91 Å². The summed E-state index contributed by atoms with van der Waals surface area (Å²) in [7, 11) is -0.990. The minimum atomic E-state index is -4.07. The summed E-state index contributed by atoms with van der Waals surface area (Å²) in [6.07, 6.45) is 0.691. The number of ether oxygens (including phenoxy) is 2. The van der Waals surface area contributed by atoms with Crippen LogP contribution in [0.25, 0.3) is 0 Å². The largest absolute Gasteiger partial charge is 0.497 e. The van der Waals surface area contributed by atoms with Crippen LogP contribution in [-0.4, -0.2) is 35.1 Å². The first-order valence-electron chi connectivity index (χ1n) is 12.2. The van der Waals surface area contributed by atoms with Gasteiger partial charge in [-0.15, -0.1) is 0 Å². The number of aryl methyl sites for hydroxylation is 2. The van der Waals surface area contributed by atoms with E-state index in [0.717, 1.165) is 26.7 Å². The van der Waals surface area contributed by atoms with E-state index in [1.54, 1.807) is 43.5 Å². The predicted octanol–water partition coefficient (Wildman–Crippen LogP) is 5.42. The molecule has 0 aliphatic carbocycles. The Labute approximate surface area is 220 Å². The molecule has 0 aliphatic rings. The zero-order valence-corrected chi connectivity index (χ0v) is 23.1. The van der Waals surface area contributed by atoms with Gasteiger partial charge in [0.25, 0.3) is 10.0 Å². The third-order valence-electron chi connectivity index (χ3n) is 6.06. The van der Waals surface area contributed by atoms with E-state index in [2.05, 4.69) is 19.2 Å². The minimum Gasteiger partial charge on any atom is -0.497 e. The zero-order valence-electron chi connectivity index (χ0n) is 22.3. The van der Waals surface area contributed by atoms with Crippen LogP contribution in [0, 0.1) is 19.8 Å². The Morgan fingerprint density at radius 1 is 0.892 bits per heavy atom. The molecule has 198 valence electrons. The van der Waals surface area contributed by atoms with Crippen molar-refractivity contribution in [1.82, 2.24) is 5.32 Å². The molecule has 0 heterocycles. The molecule has 1 amide bonds. The summed E-state index contributed by atoms with van der Waals surface area (Å²) in [4.78, 5) is 13.5. The molecule has 8 heteroatoms. The van der Waals surface area contributed by atoms with Gasteiger partial charge in [-0.25, -0.2) is 8.42 Å². The van der Waals surface area contributed by atoms with E-state index in [1.165, 1.54) is 7.11 Å². The molecule has 3 rings (SSSR count). The lowest BCUT2D eigenvalue weighted by Gasteiger charge is -2.28. The molecular weight excluding hydrogens is 488 g/mol. The molecule has 37 heavy (non-hydrogen) atoms. The van der Waals surface area contributed by atoms with Crippen LogP contribution in [0.1, 0.15) is 43.0 Å². The first-order valence-corrected chi connectivity index (χ1v) is 13.7. The maximum Gasteiger partial charge on any atom is 0.264 e. The van der Waals surface area contributed by atoms with E-state index in [1.807, 2.05) is 44.2 Å². The van der Waals surface area contributed by atoms with Crippen LogP contribution in [0.3, 0.4) is 0 Å². The van der Waals surface area contributed by atoms with Crippen LogP contribution in [-0.2, 0) is 14.8 Å². The molecule has 1 atom stereocenters. The number of carbonyl (C=O) groups excluding carboxylic acids is 1. The van der Waals surface area contributed by atoms with Gasteiger partial charge < -0.3 is 14.8 Å². The van der Waals surface area contributed by atoms with E-state index in [9.17, 15) is 13.2 Å². The normalized spacial score (nSPS) is 12.2. The van der Waals surface area contributed by atoms with Crippen LogP contribution in [0.2, 0.25) is 0 Å². The van der Waals surface area contributed by atoms with E-state index >= 15 is 0 Å². The topological polar surface area (TPSA) is 84.9 Å². The quantitative estimate of drug-likeness (QED) is 0.362. The van der Waals surface area contributed by atoms with Gasteiger partial charge in [0.15, 0.2) is 0 Å². The second-order valence-electron chi connectivity index (χ2n) is 9.52. The fourth-order valence-corrected chi connectivity index (χ4v) is 5.51. The number of benzene rings is 3. The van der Waals surface area contributed by atoms with Crippen molar-refractivity contribution >= 4 is 21.6 Å². The number of anilines is 1. The molecule has 3 aromatic rings. The standard InChI is InChI=1S/C29H36N2O5S/c1-20(2)17-26(23-10-12-24(35-5)13-11-23)30-29(32)19-31(27-18-22(4)9-16-28(27)36-6)37(33,34)25-14-7-21(3)8-15-25/h7-16,18,20,26H,17,19H2,1-6H3,(H,30,32)/t26-/m0/s1. The fraction of sp³-hybridized carbons (Fsp3) is 0.345. The maximum absolute atomic E-state index is 13.8. The zero-order chi connectivity index (χ0) is 27.2. The molecule has 0 aliphatic heterocycles. The van der Waals surface area contributed by atoms with Gasteiger partial charge >= 0.3 is 0 Å². The monoisotopic (exact) mass is 524 g/mol. The van der Waals surface area contributed by atoms with Crippen molar-refractivity contribution in [2.75, 3.05) is 25.1 Å². The summed E-state index contributed by atoms with van der Waals surface area (Å²) in [5.41, 5.74) is 3.01. The highest BCUT2D eigenvalue weighted by molar-refractivity contribution is 7.92. The van der Waals surface area contributed by atoms with Crippen molar-refractivity contribution in [1.29, 1.82) is 0 Å². The molecule has 0 unspecified atom stereocenters. The van der Waals surface area contributed by atoms with Gasteiger partial charge in [-0.1, -0.05) is 49.7 Å². The highest BCUT2D eigenvalue weighted by atomic mass is 32.2. The number of sulfonamides is 1. The van der Waals surface area contributed by atoms with Crippen molar-refractivity contribution in [3.8, 4) is 11.5 Å². The first kappa shape index (κ1) is 28.1. The van der Waals surface area contributed by atoms with Crippen LogP contribution >= 0.6 is 0 Å². The van der Waals surface area contributed by atoms with Crippen LogP contribution < -0.4 is 19.1 Å². The molecule has 0 bridgehead atoms.